The summed E-state index contributed by atoms with van der Waals surface area (Å²) in [6.07, 6.45) is 2.06. The van der Waals surface area contributed by atoms with Crippen LogP contribution in [-0.4, -0.2) is 65.9 Å². The Bertz CT molecular complexity index is 515. The lowest BCUT2D eigenvalue weighted by Crippen LogP contribution is -2.51. The first-order valence-electron chi connectivity index (χ1n) is 9.42. The third-order valence-corrected chi connectivity index (χ3v) is 5.54. The van der Waals surface area contributed by atoms with E-state index in [9.17, 15) is 4.79 Å². The zero-order chi connectivity index (χ0) is 16.9. The Morgan fingerprint density at radius 1 is 1.00 bits per heavy atom. The Morgan fingerprint density at radius 2 is 1.62 bits per heavy atom. The van der Waals surface area contributed by atoms with Gasteiger partial charge in [-0.2, -0.15) is 0 Å². The first-order valence-corrected chi connectivity index (χ1v) is 9.42. The third-order valence-electron chi connectivity index (χ3n) is 5.54. The van der Waals surface area contributed by atoms with Crippen molar-refractivity contribution in [1.29, 1.82) is 0 Å². The SMILES string of the molecule is CC(C)N1CCC(C(=O)N2CCN(Cc3ccccc3)CC2)CC1. The number of carbonyl (C=O) groups excluding carboxylic acids is 1. The maximum atomic E-state index is 12.8. The minimum absolute atomic E-state index is 0.251. The highest BCUT2D eigenvalue weighted by Crippen LogP contribution is 2.22. The maximum Gasteiger partial charge on any atom is 0.225 e. The van der Waals surface area contributed by atoms with Crippen LogP contribution in [0.3, 0.4) is 0 Å². The van der Waals surface area contributed by atoms with Crippen LogP contribution in [0.5, 0.6) is 0 Å². The van der Waals surface area contributed by atoms with Gasteiger partial charge in [-0.05, 0) is 45.3 Å². The molecule has 0 radical (unpaired) electrons. The molecule has 0 atom stereocenters. The molecule has 24 heavy (non-hydrogen) atoms. The predicted molar refractivity (Wildman–Crippen MR) is 97.7 cm³/mol. The van der Waals surface area contributed by atoms with Crippen molar-refractivity contribution in [3.05, 3.63) is 35.9 Å². The van der Waals surface area contributed by atoms with Gasteiger partial charge in [0.25, 0.3) is 0 Å². The quantitative estimate of drug-likeness (QED) is 0.849. The summed E-state index contributed by atoms with van der Waals surface area (Å²) in [6.45, 7) is 11.4. The van der Waals surface area contributed by atoms with Crippen LogP contribution in [0.4, 0.5) is 0 Å². The zero-order valence-corrected chi connectivity index (χ0v) is 15.2. The zero-order valence-electron chi connectivity index (χ0n) is 15.2. The van der Waals surface area contributed by atoms with Crippen LogP contribution in [0.2, 0.25) is 0 Å². The van der Waals surface area contributed by atoms with E-state index in [4.69, 9.17) is 0 Å². The summed E-state index contributed by atoms with van der Waals surface area (Å²) in [5.74, 6) is 0.651. The van der Waals surface area contributed by atoms with Crippen LogP contribution >= 0.6 is 0 Å². The minimum Gasteiger partial charge on any atom is -0.340 e. The molecule has 2 heterocycles. The number of hydrogen-bond donors (Lipinski definition) is 0. The number of benzene rings is 1. The van der Waals surface area contributed by atoms with Crippen molar-refractivity contribution in [3.8, 4) is 0 Å². The monoisotopic (exact) mass is 329 g/mol. The molecule has 2 saturated heterocycles. The second-order valence-electron chi connectivity index (χ2n) is 7.49. The standard InChI is InChI=1S/C20H31N3O/c1-17(2)22-10-8-19(9-11-22)20(24)23-14-12-21(13-15-23)16-18-6-4-3-5-7-18/h3-7,17,19H,8-16H2,1-2H3. The second-order valence-corrected chi connectivity index (χ2v) is 7.49. The Morgan fingerprint density at radius 3 is 2.21 bits per heavy atom. The minimum atomic E-state index is 0.251. The van der Waals surface area contributed by atoms with E-state index in [1.165, 1.54) is 5.56 Å². The van der Waals surface area contributed by atoms with Gasteiger partial charge in [-0.3, -0.25) is 9.69 Å². The summed E-state index contributed by atoms with van der Waals surface area (Å²) in [5.41, 5.74) is 1.36. The van der Waals surface area contributed by atoms with Crippen LogP contribution < -0.4 is 0 Å². The molecule has 0 unspecified atom stereocenters. The highest BCUT2D eigenvalue weighted by molar-refractivity contribution is 5.79. The molecule has 1 aromatic carbocycles. The third kappa shape index (κ3) is 4.37. The molecular weight excluding hydrogens is 298 g/mol. The van der Waals surface area contributed by atoms with Gasteiger partial charge in [-0.15, -0.1) is 0 Å². The molecule has 0 saturated carbocycles. The second kappa shape index (κ2) is 8.13. The van der Waals surface area contributed by atoms with Gasteiger partial charge in [-0.1, -0.05) is 30.3 Å². The van der Waals surface area contributed by atoms with Gasteiger partial charge in [0.2, 0.25) is 5.91 Å². The van der Waals surface area contributed by atoms with Crippen LogP contribution in [-0.2, 0) is 11.3 Å². The van der Waals surface area contributed by atoms with Gasteiger partial charge < -0.3 is 9.80 Å². The summed E-state index contributed by atoms with van der Waals surface area (Å²) < 4.78 is 0. The molecule has 0 spiro atoms. The number of rotatable bonds is 4. The molecule has 0 aliphatic carbocycles. The van der Waals surface area contributed by atoms with E-state index in [0.29, 0.717) is 11.9 Å². The number of carbonyl (C=O) groups is 1. The number of nitrogens with zero attached hydrogens (tertiary/aromatic N) is 3. The molecule has 132 valence electrons. The number of piperazine rings is 1. The number of piperidine rings is 1. The molecule has 4 heteroatoms. The maximum absolute atomic E-state index is 12.8. The van der Waals surface area contributed by atoms with Crippen molar-refractivity contribution < 1.29 is 4.79 Å². The molecular formula is C20H31N3O. The van der Waals surface area contributed by atoms with E-state index in [1.807, 2.05) is 0 Å². The lowest BCUT2D eigenvalue weighted by atomic mass is 9.94. The van der Waals surface area contributed by atoms with Gasteiger partial charge in [0.1, 0.15) is 0 Å². The molecule has 1 amide bonds. The summed E-state index contributed by atoms with van der Waals surface area (Å²) in [5, 5.41) is 0. The highest BCUT2D eigenvalue weighted by Gasteiger charge is 2.30. The molecule has 3 rings (SSSR count). The molecule has 0 bridgehead atoms. The molecule has 2 aliphatic rings. The van der Waals surface area contributed by atoms with Gasteiger partial charge >= 0.3 is 0 Å². The molecule has 2 aliphatic heterocycles. The van der Waals surface area contributed by atoms with E-state index in [1.54, 1.807) is 0 Å². The van der Waals surface area contributed by atoms with Crippen LogP contribution in [0.15, 0.2) is 30.3 Å². The predicted octanol–water partition coefficient (Wildman–Crippen LogP) is 2.45. The van der Waals surface area contributed by atoms with Crippen molar-refractivity contribution in [3.63, 3.8) is 0 Å². The fourth-order valence-corrected chi connectivity index (χ4v) is 3.89. The lowest BCUT2D eigenvalue weighted by Gasteiger charge is -2.39. The van der Waals surface area contributed by atoms with Crippen molar-refractivity contribution >= 4 is 5.91 Å². The summed E-state index contributed by atoms with van der Waals surface area (Å²) in [6, 6.07) is 11.2. The smallest absolute Gasteiger partial charge is 0.225 e. The highest BCUT2D eigenvalue weighted by atomic mass is 16.2. The fourth-order valence-electron chi connectivity index (χ4n) is 3.89. The molecule has 1 aromatic rings. The number of hydrogen-bond acceptors (Lipinski definition) is 3. The first kappa shape index (κ1) is 17.4. The molecule has 4 nitrogen and oxygen atoms in total. The molecule has 2 fully saturated rings. The molecule has 0 N–H and O–H groups in total. The van der Waals surface area contributed by atoms with Gasteiger partial charge in [-0.25, -0.2) is 0 Å². The van der Waals surface area contributed by atoms with Crippen LogP contribution in [0.25, 0.3) is 0 Å². The van der Waals surface area contributed by atoms with Gasteiger partial charge in [0, 0.05) is 44.7 Å². The summed E-state index contributed by atoms with van der Waals surface area (Å²) in [7, 11) is 0. The van der Waals surface area contributed by atoms with Crippen LogP contribution in [0.1, 0.15) is 32.3 Å². The van der Waals surface area contributed by atoms with E-state index in [2.05, 4.69) is 58.9 Å². The van der Waals surface area contributed by atoms with E-state index in [0.717, 1.165) is 58.7 Å². The van der Waals surface area contributed by atoms with Crippen molar-refractivity contribution in [1.82, 2.24) is 14.7 Å². The lowest BCUT2D eigenvalue weighted by molar-refractivity contribution is -0.139. The number of amides is 1. The van der Waals surface area contributed by atoms with Crippen LogP contribution in [0, 0.1) is 5.92 Å². The summed E-state index contributed by atoms with van der Waals surface area (Å²) >= 11 is 0. The van der Waals surface area contributed by atoms with Crippen molar-refractivity contribution in [2.24, 2.45) is 5.92 Å². The van der Waals surface area contributed by atoms with Crippen molar-refractivity contribution in [2.75, 3.05) is 39.3 Å². The summed E-state index contributed by atoms with van der Waals surface area (Å²) in [4.78, 5) is 19.8. The van der Waals surface area contributed by atoms with Gasteiger partial charge in [0.15, 0.2) is 0 Å². The average molecular weight is 329 g/mol. The average Bonchev–Trinajstić information content (AvgIpc) is 2.63. The Labute approximate surface area is 146 Å². The largest absolute Gasteiger partial charge is 0.340 e. The molecule has 0 aromatic heterocycles. The fraction of sp³-hybridized carbons (Fsp3) is 0.650. The van der Waals surface area contributed by atoms with E-state index >= 15 is 0 Å². The topological polar surface area (TPSA) is 26.8 Å². The Hall–Kier alpha value is -1.39. The van der Waals surface area contributed by atoms with E-state index in [-0.39, 0.29) is 5.92 Å². The number of likely N-dealkylation sites (tertiary alicyclic amines) is 1. The Kier molecular flexibility index (Phi) is 5.90. The van der Waals surface area contributed by atoms with E-state index < -0.39 is 0 Å². The first-order chi connectivity index (χ1) is 11.6. The Balaban J connectivity index is 1.44. The van der Waals surface area contributed by atoms with Crippen molar-refractivity contribution in [2.45, 2.75) is 39.3 Å². The van der Waals surface area contributed by atoms with Gasteiger partial charge in [0.05, 0.1) is 0 Å². The normalized spacial score (nSPS) is 21.4.